The molecule has 1 aromatic carbocycles. The summed E-state index contributed by atoms with van der Waals surface area (Å²) in [5.41, 5.74) is 0.846. The molecule has 0 amide bonds. The van der Waals surface area contributed by atoms with Crippen LogP contribution in [-0.2, 0) is 0 Å². The molecule has 0 radical (unpaired) electrons. The quantitative estimate of drug-likeness (QED) is 0.689. The van der Waals surface area contributed by atoms with Gasteiger partial charge in [-0.15, -0.1) is 0 Å². The summed E-state index contributed by atoms with van der Waals surface area (Å²) in [5.74, 6) is 0.213. The Morgan fingerprint density at radius 3 is 2.84 bits per heavy atom. The summed E-state index contributed by atoms with van der Waals surface area (Å²) in [7, 11) is 0. The summed E-state index contributed by atoms with van der Waals surface area (Å²) in [4.78, 5) is 10.3. The first-order valence-electron chi connectivity index (χ1n) is 5.26. The largest absolute Gasteiger partial charge is 0.507 e. The lowest BCUT2D eigenvalue weighted by atomic mass is 10.2. The van der Waals surface area contributed by atoms with Crippen LogP contribution in [0.25, 0.3) is 12.2 Å². The van der Waals surface area contributed by atoms with Crippen LogP contribution in [0, 0.1) is 17.0 Å². The van der Waals surface area contributed by atoms with Gasteiger partial charge in [0.1, 0.15) is 5.75 Å². The molecule has 0 unspecified atom stereocenters. The third kappa shape index (κ3) is 2.82. The summed E-state index contributed by atoms with van der Waals surface area (Å²) < 4.78 is 5.43. The molecule has 1 N–H and O–H groups in total. The lowest BCUT2D eigenvalue weighted by Gasteiger charge is -1.97. The monoisotopic (exact) mass is 324 g/mol. The highest BCUT2D eigenvalue weighted by Crippen LogP contribution is 2.27. The van der Waals surface area contributed by atoms with Crippen molar-refractivity contribution in [1.29, 1.82) is 0 Å². The summed E-state index contributed by atoms with van der Waals surface area (Å²) in [6.07, 6.45) is 3.11. The van der Waals surface area contributed by atoms with Crippen LogP contribution >= 0.6 is 15.9 Å². The van der Waals surface area contributed by atoms with Crippen LogP contribution in [0.2, 0.25) is 0 Å². The molecule has 19 heavy (non-hydrogen) atoms. The third-order valence-electron chi connectivity index (χ3n) is 2.44. The average molecular weight is 325 g/mol. The Bertz CT molecular complexity index is 664. The number of hydrogen-bond acceptors (Lipinski definition) is 5. The van der Waals surface area contributed by atoms with E-state index in [1.54, 1.807) is 18.2 Å². The molecule has 0 aliphatic heterocycles. The van der Waals surface area contributed by atoms with Gasteiger partial charge in [-0.2, -0.15) is 0 Å². The van der Waals surface area contributed by atoms with E-state index >= 15 is 0 Å². The highest BCUT2D eigenvalue weighted by Gasteiger charge is 2.21. The fraction of sp³-hybridized carbons (Fsp3) is 0.0833. The molecule has 0 atom stereocenters. The molecule has 0 aliphatic carbocycles. The average Bonchev–Trinajstić information content (AvgIpc) is 2.72. The van der Waals surface area contributed by atoms with Gasteiger partial charge in [-0.3, -0.25) is 10.1 Å². The van der Waals surface area contributed by atoms with E-state index in [0.29, 0.717) is 4.47 Å². The molecule has 2 aromatic rings. The summed E-state index contributed by atoms with van der Waals surface area (Å²) in [6, 6.07) is 4.87. The molecule has 0 saturated carbocycles. The molecule has 7 heteroatoms. The second-order valence-corrected chi connectivity index (χ2v) is 4.64. The van der Waals surface area contributed by atoms with Crippen LogP contribution < -0.4 is 0 Å². The van der Waals surface area contributed by atoms with E-state index in [0.717, 1.165) is 5.56 Å². The van der Waals surface area contributed by atoms with E-state index in [4.69, 9.17) is 4.52 Å². The van der Waals surface area contributed by atoms with Gasteiger partial charge in [0, 0.05) is 0 Å². The van der Waals surface area contributed by atoms with E-state index in [2.05, 4.69) is 21.1 Å². The van der Waals surface area contributed by atoms with Gasteiger partial charge >= 0.3 is 5.69 Å². The number of nitrogens with zero attached hydrogens (tertiary/aromatic N) is 2. The molecule has 0 aliphatic rings. The minimum atomic E-state index is -0.530. The van der Waals surface area contributed by atoms with Gasteiger partial charge in [-0.05, 0) is 46.6 Å². The molecule has 6 nitrogen and oxygen atoms in total. The maximum atomic E-state index is 10.8. The van der Waals surface area contributed by atoms with Crippen LogP contribution in [0.15, 0.2) is 27.2 Å². The van der Waals surface area contributed by atoms with Gasteiger partial charge in [-0.1, -0.05) is 17.3 Å². The standard InChI is InChI=1S/C12H9BrN2O4/c1-7-12(15(17)18)11(19-14-7)5-3-8-2-4-10(16)9(13)6-8/h2-6,16H,1H3. The number of aromatic nitrogens is 1. The first-order valence-corrected chi connectivity index (χ1v) is 6.05. The molecular formula is C12H9BrN2O4. The lowest BCUT2D eigenvalue weighted by Crippen LogP contribution is -1.90. The van der Waals surface area contributed by atoms with E-state index in [1.807, 2.05) is 0 Å². The van der Waals surface area contributed by atoms with E-state index in [9.17, 15) is 15.2 Å². The molecule has 98 valence electrons. The minimum Gasteiger partial charge on any atom is -0.507 e. The zero-order chi connectivity index (χ0) is 14.0. The van der Waals surface area contributed by atoms with Gasteiger partial charge in [-0.25, -0.2) is 0 Å². The van der Waals surface area contributed by atoms with Crippen molar-refractivity contribution in [2.45, 2.75) is 6.92 Å². The summed E-state index contributed by atoms with van der Waals surface area (Å²) >= 11 is 3.19. The third-order valence-corrected chi connectivity index (χ3v) is 3.07. The number of halogens is 1. The van der Waals surface area contributed by atoms with Crippen molar-refractivity contribution in [3.05, 3.63) is 49.8 Å². The maximum absolute atomic E-state index is 10.8. The van der Waals surface area contributed by atoms with E-state index < -0.39 is 4.92 Å². The second kappa shape index (κ2) is 5.23. The predicted octanol–water partition coefficient (Wildman–Crippen LogP) is 3.53. The second-order valence-electron chi connectivity index (χ2n) is 3.78. The fourth-order valence-corrected chi connectivity index (χ4v) is 1.91. The Kier molecular flexibility index (Phi) is 3.66. The van der Waals surface area contributed by atoms with Crippen molar-refractivity contribution in [2.75, 3.05) is 0 Å². The first-order chi connectivity index (χ1) is 8.99. The Hall–Kier alpha value is -2.15. The summed E-state index contributed by atoms with van der Waals surface area (Å²) in [6.45, 7) is 1.51. The Morgan fingerprint density at radius 1 is 1.47 bits per heavy atom. The van der Waals surface area contributed by atoms with Crippen molar-refractivity contribution in [3.8, 4) is 5.75 Å². The highest BCUT2D eigenvalue weighted by molar-refractivity contribution is 9.10. The molecule has 1 aromatic heterocycles. The number of phenolic OH excluding ortho intramolecular Hbond substituents is 1. The van der Waals surface area contributed by atoms with Gasteiger partial charge in [0.15, 0.2) is 5.69 Å². The SMILES string of the molecule is Cc1noc(C=Cc2ccc(O)c(Br)c2)c1[N+](=O)[O-]. The normalized spacial score (nSPS) is 11.1. The lowest BCUT2D eigenvalue weighted by molar-refractivity contribution is -0.386. The number of aromatic hydroxyl groups is 1. The van der Waals surface area contributed by atoms with Crippen molar-refractivity contribution in [1.82, 2.24) is 5.16 Å². The molecule has 2 rings (SSSR count). The Morgan fingerprint density at radius 2 is 2.21 bits per heavy atom. The molecular weight excluding hydrogens is 316 g/mol. The Balaban J connectivity index is 2.32. The maximum Gasteiger partial charge on any atom is 0.338 e. The number of benzene rings is 1. The van der Waals surface area contributed by atoms with Gasteiger partial charge in [0.05, 0.1) is 9.40 Å². The van der Waals surface area contributed by atoms with Gasteiger partial charge < -0.3 is 9.63 Å². The Labute approximate surface area is 116 Å². The van der Waals surface area contributed by atoms with Gasteiger partial charge in [0.2, 0.25) is 5.76 Å². The molecule has 0 fully saturated rings. The number of hydrogen-bond donors (Lipinski definition) is 1. The molecule has 0 saturated heterocycles. The number of aryl methyl sites for hydroxylation is 1. The number of phenols is 1. The van der Waals surface area contributed by atoms with E-state index in [1.165, 1.54) is 19.1 Å². The van der Waals surface area contributed by atoms with Gasteiger partial charge in [0.25, 0.3) is 0 Å². The zero-order valence-corrected chi connectivity index (χ0v) is 11.4. The number of rotatable bonds is 3. The van der Waals surface area contributed by atoms with Crippen LogP contribution in [-0.4, -0.2) is 15.2 Å². The van der Waals surface area contributed by atoms with Crippen LogP contribution in [0.5, 0.6) is 5.75 Å². The highest BCUT2D eigenvalue weighted by atomic mass is 79.9. The molecule has 1 heterocycles. The van der Waals surface area contributed by atoms with Crippen LogP contribution in [0.3, 0.4) is 0 Å². The molecule has 0 bridgehead atoms. The topological polar surface area (TPSA) is 89.4 Å². The minimum absolute atomic E-state index is 0.0895. The van der Waals surface area contributed by atoms with E-state index in [-0.39, 0.29) is 22.9 Å². The smallest absolute Gasteiger partial charge is 0.338 e. The predicted molar refractivity (Wildman–Crippen MR) is 72.6 cm³/mol. The first kappa shape index (κ1) is 13.3. The molecule has 0 spiro atoms. The van der Waals surface area contributed by atoms with Crippen LogP contribution in [0.4, 0.5) is 5.69 Å². The number of nitro groups is 1. The van der Waals surface area contributed by atoms with Crippen molar-refractivity contribution >= 4 is 33.8 Å². The van der Waals surface area contributed by atoms with Crippen molar-refractivity contribution in [2.24, 2.45) is 0 Å². The van der Waals surface area contributed by atoms with Crippen molar-refractivity contribution in [3.63, 3.8) is 0 Å². The van der Waals surface area contributed by atoms with Crippen LogP contribution in [0.1, 0.15) is 17.0 Å². The fourth-order valence-electron chi connectivity index (χ4n) is 1.51. The zero-order valence-electron chi connectivity index (χ0n) is 9.83. The van der Waals surface area contributed by atoms with Crippen molar-refractivity contribution < 1.29 is 14.6 Å². The summed E-state index contributed by atoms with van der Waals surface area (Å²) in [5, 5.41) is 23.8.